The van der Waals surface area contributed by atoms with Gasteiger partial charge in [0.05, 0.1) is 21.9 Å². The van der Waals surface area contributed by atoms with Gasteiger partial charge in [-0.3, -0.25) is 9.97 Å². The summed E-state index contributed by atoms with van der Waals surface area (Å²) in [6.45, 7) is 0. The third-order valence-electron chi connectivity index (χ3n) is 3.82. The SMILES string of the molecule is O.O=C([O-])c1cc(S(=O)(=O)[O-])ccc1O.[Pb+2].c1cnc2c(c1)ccc1cccnc12. The van der Waals surface area contributed by atoms with Crippen molar-refractivity contribution < 1.29 is 33.5 Å². The van der Waals surface area contributed by atoms with Crippen LogP contribution >= 0.6 is 0 Å². The van der Waals surface area contributed by atoms with Crippen molar-refractivity contribution in [1.82, 2.24) is 9.97 Å². The van der Waals surface area contributed by atoms with Gasteiger partial charge in [-0.15, -0.1) is 0 Å². The predicted octanol–water partition coefficient (Wildman–Crippen LogP) is 0.237. The van der Waals surface area contributed by atoms with Crippen LogP contribution < -0.4 is 5.11 Å². The van der Waals surface area contributed by atoms with Gasteiger partial charge in [-0.05, 0) is 30.3 Å². The molecule has 0 fully saturated rings. The Labute approximate surface area is 191 Å². The van der Waals surface area contributed by atoms with Gasteiger partial charge in [-0.1, -0.05) is 24.3 Å². The average molecular weight is 622 g/mol. The summed E-state index contributed by atoms with van der Waals surface area (Å²) in [7, 11) is -4.73. The zero-order valence-electron chi connectivity index (χ0n) is 15.1. The summed E-state index contributed by atoms with van der Waals surface area (Å²) in [5, 5.41) is 21.6. The molecule has 2 radical (unpaired) electrons. The molecule has 2 aromatic carbocycles. The molecule has 0 aliphatic heterocycles. The molecule has 3 N–H and O–H groups in total. The molecule has 0 aliphatic rings. The topological polar surface area (TPSA) is 175 Å². The molecule has 152 valence electrons. The maximum absolute atomic E-state index is 10.5. The summed E-state index contributed by atoms with van der Waals surface area (Å²) in [6, 6.07) is 14.3. The summed E-state index contributed by atoms with van der Waals surface area (Å²) in [5.41, 5.74) is 1.22. The van der Waals surface area contributed by atoms with Gasteiger partial charge in [0.1, 0.15) is 15.9 Å². The van der Waals surface area contributed by atoms with Gasteiger partial charge in [-0.2, -0.15) is 0 Å². The van der Waals surface area contributed by atoms with Crippen LogP contribution in [0.5, 0.6) is 5.75 Å². The smallest absolute Gasteiger partial charge is 0.744 e. The summed E-state index contributed by atoms with van der Waals surface area (Å²) >= 11 is 0. The number of fused-ring (bicyclic) bond motifs is 3. The Balaban J connectivity index is 0.000000281. The Morgan fingerprint density at radius 3 is 1.83 bits per heavy atom. The second kappa shape index (κ2) is 10.4. The van der Waals surface area contributed by atoms with Crippen LogP contribution in [0, 0.1) is 0 Å². The third-order valence-corrected chi connectivity index (χ3v) is 4.65. The molecule has 0 unspecified atom stereocenters. The van der Waals surface area contributed by atoms with Crippen LogP contribution in [0.4, 0.5) is 0 Å². The second-order valence-electron chi connectivity index (χ2n) is 5.64. The molecule has 0 bridgehead atoms. The van der Waals surface area contributed by atoms with E-state index in [1.54, 1.807) is 12.4 Å². The molecular formula is C19H14N2O7PbS. The first-order chi connectivity index (χ1) is 13.3. The number of pyridine rings is 2. The minimum Gasteiger partial charge on any atom is -0.744 e. The van der Waals surface area contributed by atoms with Gasteiger partial charge in [-0.25, -0.2) is 8.42 Å². The van der Waals surface area contributed by atoms with Crippen molar-refractivity contribution in [2.75, 3.05) is 0 Å². The van der Waals surface area contributed by atoms with Crippen LogP contribution in [-0.2, 0) is 10.1 Å². The number of hydrogen-bond donors (Lipinski definition) is 1. The second-order valence-corrected chi connectivity index (χ2v) is 7.02. The number of aromatic nitrogens is 2. The van der Waals surface area contributed by atoms with Gasteiger partial charge >= 0.3 is 27.3 Å². The molecule has 2 heterocycles. The monoisotopic (exact) mass is 622 g/mol. The van der Waals surface area contributed by atoms with E-state index in [9.17, 15) is 22.9 Å². The van der Waals surface area contributed by atoms with E-state index in [1.807, 2.05) is 12.1 Å². The Morgan fingerprint density at radius 2 is 1.40 bits per heavy atom. The largest absolute Gasteiger partial charge is 2.00 e. The fraction of sp³-hybridized carbons (Fsp3) is 0. The van der Waals surface area contributed by atoms with Crippen LogP contribution in [0.1, 0.15) is 10.4 Å². The number of carbonyl (C=O) groups excluding carboxylic acids is 1. The molecule has 9 nitrogen and oxygen atoms in total. The Kier molecular flexibility index (Phi) is 8.77. The number of phenols is 1. The zero-order valence-corrected chi connectivity index (χ0v) is 19.8. The van der Waals surface area contributed by atoms with Crippen molar-refractivity contribution in [3.8, 4) is 5.75 Å². The average Bonchev–Trinajstić information content (AvgIpc) is 2.67. The van der Waals surface area contributed by atoms with Crippen molar-refractivity contribution in [2.24, 2.45) is 0 Å². The molecule has 4 aromatic rings. The van der Waals surface area contributed by atoms with E-state index in [4.69, 9.17) is 5.11 Å². The van der Waals surface area contributed by atoms with Crippen molar-refractivity contribution in [1.29, 1.82) is 0 Å². The van der Waals surface area contributed by atoms with Crippen molar-refractivity contribution in [2.45, 2.75) is 4.90 Å². The van der Waals surface area contributed by atoms with Gasteiger partial charge in [0, 0.05) is 28.7 Å². The number of aromatic hydroxyl groups is 1. The maximum Gasteiger partial charge on any atom is 2.00 e. The van der Waals surface area contributed by atoms with E-state index in [0.29, 0.717) is 6.07 Å². The Morgan fingerprint density at radius 1 is 0.900 bits per heavy atom. The first-order valence-corrected chi connectivity index (χ1v) is 9.27. The van der Waals surface area contributed by atoms with Crippen LogP contribution in [0.15, 0.2) is 71.9 Å². The van der Waals surface area contributed by atoms with Gasteiger partial charge < -0.3 is 25.0 Å². The molecule has 0 saturated heterocycles. The predicted molar refractivity (Wildman–Crippen MR) is 107 cm³/mol. The molecule has 0 aliphatic carbocycles. The first kappa shape index (κ1) is 25.4. The fourth-order valence-corrected chi connectivity index (χ4v) is 3.01. The molecule has 4 rings (SSSR count). The molecule has 11 heteroatoms. The van der Waals surface area contributed by atoms with Gasteiger partial charge in [0.2, 0.25) is 0 Å². The maximum atomic E-state index is 10.5. The molecule has 0 saturated carbocycles. The molecular weight excluding hydrogens is 607 g/mol. The van der Waals surface area contributed by atoms with E-state index in [2.05, 4.69) is 34.2 Å². The Bertz CT molecular complexity index is 1240. The number of carboxylic acids is 1. The summed E-state index contributed by atoms with van der Waals surface area (Å²) in [4.78, 5) is 18.3. The van der Waals surface area contributed by atoms with Crippen molar-refractivity contribution in [3.05, 3.63) is 72.6 Å². The molecule has 0 atom stereocenters. The van der Waals surface area contributed by atoms with Crippen LogP contribution in [0.2, 0.25) is 0 Å². The summed E-state index contributed by atoms with van der Waals surface area (Å²) in [5.74, 6) is -2.41. The van der Waals surface area contributed by atoms with E-state index < -0.39 is 32.3 Å². The quantitative estimate of drug-likeness (QED) is 0.188. The summed E-state index contributed by atoms with van der Waals surface area (Å²) < 4.78 is 31.4. The number of rotatable bonds is 2. The van der Waals surface area contributed by atoms with Gasteiger partial charge in [0.15, 0.2) is 0 Å². The van der Waals surface area contributed by atoms with E-state index in [0.717, 1.165) is 33.9 Å². The summed E-state index contributed by atoms with van der Waals surface area (Å²) in [6.07, 6.45) is 3.60. The van der Waals surface area contributed by atoms with Crippen LogP contribution in [-0.4, -0.2) is 66.8 Å². The number of benzene rings is 2. The first-order valence-electron chi connectivity index (χ1n) is 7.86. The normalized spacial score (nSPS) is 10.3. The van der Waals surface area contributed by atoms with E-state index in [-0.39, 0.29) is 32.8 Å². The molecule has 2 aromatic heterocycles. The number of hydrogen-bond acceptors (Lipinski definition) is 8. The van der Waals surface area contributed by atoms with Crippen LogP contribution in [0.25, 0.3) is 21.8 Å². The van der Waals surface area contributed by atoms with Crippen molar-refractivity contribution in [3.63, 3.8) is 0 Å². The minimum absolute atomic E-state index is 0. The molecule has 30 heavy (non-hydrogen) atoms. The minimum atomic E-state index is -4.73. The van der Waals surface area contributed by atoms with Crippen molar-refractivity contribution >= 4 is 65.2 Å². The number of carboxylic acid groups (broad SMARTS) is 1. The third kappa shape index (κ3) is 5.69. The fourth-order valence-electron chi connectivity index (χ4n) is 2.51. The van der Waals surface area contributed by atoms with Gasteiger partial charge in [0.25, 0.3) is 0 Å². The molecule has 0 spiro atoms. The Hall–Kier alpha value is -2.68. The van der Waals surface area contributed by atoms with E-state index in [1.165, 1.54) is 0 Å². The number of aromatic carboxylic acids is 1. The number of carbonyl (C=O) groups is 1. The number of nitrogens with zero attached hydrogens (tertiary/aromatic N) is 2. The van der Waals surface area contributed by atoms with E-state index >= 15 is 0 Å². The van der Waals surface area contributed by atoms with Crippen LogP contribution in [0.3, 0.4) is 0 Å². The zero-order chi connectivity index (χ0) is 20.3. The standard InChI is InChI=1S/C12H8N2.C7H6O6S.H2O.Pb/c1-3-9-5-6-10-4-2-8-14-12(10)11(9)13-7-1;8-6-2-1-4(14(11,12)13)3-5(6)7(9)10;;/h1-8H;1-3,8H,(H,9,10)(H,11,12,13);1H2;/q;;;+2/p-2. The molecule has 0 amide bonds.